The lowest BCUT2D eigenvalue weighted by molar-refractivity contribution is -0.124. The normalized spacial score (nSPS) is 32.4. The summed E-state index contributed by atoms with van der Waals surface area (Å²) in [4.78, 5) is 13.9. The highest BCUT2D eigenvalue weighted by Gasteiger charge is 2.41. The monoisotopic (exact) mass is 195 g/mol. The summed E-state index contributed by atoms with van der Waals surface area (Å²) in [6.45, 7) is 7.49. The fraction of sp³-hybridized carbons (Fsp3) is 0.727. The van der Waals surface area contributed by atoms with E-state index < -0.39 is 0 Å². The molecule has 1 unspecified atom stereocenters. The van der Waals surface area contributed by atoms with Crippen LogP contribution in [0, 0.1) is 5.41 Å². The number of carbonyl (C=O) groups excluding carboxylic acids is 1. The molecule has 14 heavy (non-hydrogen) atoms. The molecule has 0 amide bonds. The predicted octanol–water partition coefficient (Wildman–Crippen LogP) is 0.852. The van der Waals surface area contributed by atoms with E-state index in [-0.39, 0.29) is 17.2 Å². The van der Waals surface area contributed by atoms with Crippen LogP contribution in [0.4, 0.5) is 0 Å². The zero-order valence-electron chi connectivity index (χ0n) is 8.82. The quantitative estimate of drug-likeness (QED) is 0.621. The van der Waals surface area contributed by atoms with Crippen molar-refractivity contribution in [3.63, 3.8) is 0 Å². The molecule has 1 aliphatic heterocycles. The van der Waals surface area contributed by atoms with Crippen LogP contribution in [-0.4, -0.2) is 43.0 Å². The number of ketones is 1. The van der Waals surface area contributed by atoms with Gasteiger partial charge in [-0.3, -0.25) is 9.69 Å². The van der Waals surface area contributed by atoms with E-state index in [2.05, 4.69) is 4.90 Å². The molecule has 1 fully saturated rings. The molecule has 0 saturated carbocycles. The molecule has 3 nitrogen and oxygen atoms in total. The average molecular weight is 195 g/mol. The lowest BCUT2D eigenvalue weighted by Gasteiger charge is -2.38. The van der Waals surface area contributed by atoms with Crippen molar-refractivity contribution in [1.29, 1.82) is 0 Å². The molecule has 0 aromatic carbocycles. The van der Waals surface area contributed by atoms with Gasteiger partial charge in [0.05, 0.1) is 13.2 Å². The number of carbonyl (C=O) groups is 1. The Kier molecular flexibility index (Phi) is 2.45. The summed E-state index contributed by atoms with van der Waals surface area (Å²) in [5.74, 6) is 0.244. The minimum atomic E-state index is -0.253. The molecule has 2 aliphatic rings. The Morgan fingerprint density at radius 1 is 1.43 bits per heavy atom. The van der Waals surface area contributed by atoms with E-state index in [9.17, 15) is 4.79 Å². The van der Waals surface area contributed by atoms with Crippen LogP contribution >= 0.6 is 0 Å². The molecule has 0 aromatic rings. The topological polar surface area (TPSA) is 29.5 Å². The zero-order valence-corrected chi connectivity index (χ0v) is 8.82. The molecule has 78 valence electrons. The van der Waals surface area contributed by atoms with Crippen LogP contribution in [-0.2, 0) is 9.53 Å². The fourth-order valence-electron chi connectivity index (χ4n) is 2.21. The summed E-state index contributed by atoms with van der Waals surface area (Å²) in [5, 5.41) is 0. The third-order valence-corrected chi connectivity index (χ3v) is 3.24. The Hall–Kier alpha value is -0.670. The third-order valence-electron chi connectivity index (χ3n) is 3.24. The SMILES string of the molecule is CC1(C)C(=O)C=CC1N1CCOCC1. The predicted molar refractivity (Wildman–Crippen MR) is 54.1 cm³/mol. The number of allylic oxidation sites excluding steroid dienone is 1. The number of nitrogens with zero attached hydrogens (tertiary/aromatic N) is 1. The lowest BCUT2D eigenvalue weighted by atomic mass is 9.84. The average Bonchev–Trinajstić information content (AvgIpc) is 2.44. The molecule has 0 radical (unpaired) electrons. The molecular weight excluding hydrogens is 178 g/mol. The Balaban J connectivity index is 2.10. The van der Waals surface area contributed by atoms with Gasteiger partial charge in [-0.1, -0.05) is 19.9 Å². The Labute approximate surface area is 84.7 Å². The number of hydrogen-bond donors (Lipinski definition) is 0. The van der Waals surface area contributed by atoms with Crippen molar-refractivity contribution in [3.8, 4) is 0 Å². The summed E-state index contributed by atoms with van der Waals surface area (Å²) in [6.07, 6.45) is 3.76. The highest BCUT2D eigenvalue weighted by molar-refractivity contribution is 5.97. The molecule has 1 heterocycles. The largest absolute Gasteiger partial charge is 0.379 e. The fourth-order valence-corrected chi connectivity index (χ4v) is 2.21. The molecule has 1 atom stereocenters. The summed E-state index contributed by atoms with van der Waals surface area (Å²) in [6, 6.07) is 0.263. The van der Waals surface area contributed by atoms with Crippen LogP contribution in [0.1, 0.15) is 13.8 Å². The van der Waals surface area contributed by atoms with E-state index in [1.807, 2.05) is 19.9 Å². The van der Waals surface area contributed by atoms with Gasteiger partial charge in [-0.25, -0.2) is 0 Å². The van der Waals surface area contributed by atoms with Crippen LogP contribution in [0.25, 0.3) is 0 Å². The van der Waals surface area contributed by atoms with Crippen LogP contribution in [0.2, 0.25) is 0 Å². The van der Waals surface area contributed by atoms with Gasteiger partial charge in [0.2, 0.25) is 0 Å². The molecule has 0 spiro atoms. The van der Waals surface area contributed by atoms with Gasteiger partial charge in [0, 0.05) is 24.5 Å². The van der Waals surface area contributed by atoms with E-state index >= 15 is 0 Å². The second kappa shape index (κ2) is 3.48. The smallest absolute Gasteiger partial charge is 0.162 e. The number of rotatable bonds is 1. The van der Waals surface area contributed by atoms with Gasteiger partial charge in [0.25, 0.3) is 0 Å². The number of hydrogen-bond acceptors (Lipinski definition) is 3. The summed E-state index contributed by atoms with van der Waals surface area (Å²) in [5.41, 5.74) is -0.253. The molecule has 3 heteroatoms. The van der Waals surface area contributed by atoms with Crippen molar-refractivity contribution < 1.29 is 9.53 Å². The first kappa shape index (κ1) is 9.87. The van der Waals surface area contributed by atoms with Crippen molar-refractivity contribution in [2.24, 2.45) is 5.41 Å². The van der Waals surface area contributed by atoms with E-state index in [0.717, 1.165) is 26.3 Å². The van der Waals surface area contributed by atoms with Gasteiger partial charge in [0.1, 0.15) is 0 Å². The molecule has 1 saturated heterocycles. The van der Waals surface area contributed by atoms with Gasteiger partial charge in [-0.05, 0) is 6.08 Å². The lowest BCUT2D eigenvalue weighted by Crippen LogP contribution is -2.49. The van der Waals surface area contributed by atoms with Crippen molar-refractivity contribution in [2.75, 3.05) is 26.3 Å². The van der Waals surface area contributed by atoms with E-state index in [4.69, 9.17) is 4.74 Å². The van der Waals surface area contributed by atoms with Crippen molar-refractivity contribution in [3.05, 3.63) is 12.2 Å². The molecule has 0 N–H and O–H groups in total. The highest BCUT2D eigenvalue weighted by Crippen LogP contribution is 2.33. The first-order valence-corrected chi connectivity index (χ1v) is 5.17. The van der Waals surface area contributed by atoms with Crippen LogP contribution < -0.4 is 0 Å². The van der Waals surface area contributed by atoms with Crippen LogP contribution in [0.5, 0.6) is 0 Å². The second-order valence-electron chi connectivity index (χ2n) is 4.54. The Morgan fingerprint density at radius 2 is 2.07 bits per heavy atom. The van der Waals surface area contributed by atoms with Gasteiger partial charge in [-0.15, -0.1) is 0 Å². The number of morpholine rings is 1. The first-order valence-electron chi connectivity index (χ1n) is 5.17. The maximum atomic E-state index is 11.6. The molecule has 2 rings (SSSR count). The van der Waals surface area contributed by atoms with Crippen molar-refractivity contribution in [1.82, 2.24) is 4.90 Å². The maximum Gasteiger partial charge on any atom is 0.162 e. The van der Waals surface area contributed by atoms with Gasteiger partial charge in [0.15, 0.2) is 5.78 Å². The Bertz CT molecular complexity index is 264. The molecule has 1 aliphatic carbocycles. The van der Waals surface area contributed by atoms with Crippen LogP contribution in [0.3, 0.4) is 0 Å². The van der Waals surface area contributed by atoms with Crippen molar-refractivity contribution in [2.45, 2.75) is 19.9 Å². The van der Waals surface area contributed by atoms with Gasteiger partial charge >= 0.3 is 0 Å². The van der Waals surface area contributed by atoms with E-state index in [1.54, 1.807) is 6.08 Å². The highest BCUT2D eigenvalue weighted by atomic mass is 16.5. The maximum absolute atomic E-state index is 11.6. The molecular formula is C11H17NO2. The minimum Gasteiger partial charge on any atom is -0.379 e. The van der Waals surface area contributed by atoms with Gasteiger partial charge < -0.3 is 4.74 Å². The van der Waals surface area contributed by atoms with Gasteiger partial charge in [-0.2, -0.15) is 0 Å². The minimum absolute atomic E-state index is 0.244. The Morgan fingerprint density at radius 3 is 2.57 bits per heavy atom. The molecule has 0 aromatic heterocycles. The zero-order chi connectivity index (χ0) is 10.2. The van der Waals surface area contributed by atoms with Crippen molar-refractivity contribution >= 4 is 5.78 Å². The number of ether oxygens (including phenoxy) is 1. The van der Waals surface area contributed by atoms with Crippen LogP contribution in [0.15, 0.2) is 12.2 Å². The first-order chi connectivity index (χ1) is 6.62. The van der Waals surface area contributed by atoms with E-state index in [1.165, 1.54) is 0 Å². The third kappa shape index (κ3) is 1.51. The summed E-state index contributed by atoms with van der Waals surface area (Å²) in [7, 11) is 0. The second-order valence-corrected chi connectivity index (χ2v) is 4.54. The molecule has 0 bridgehead atoms. The summed E-state index contributed by atoms with van der Waals surface area (Å²) >= 11 is 0. The summed E-state index contributed by atoms with van der Waals surface area (Å²) < 4.78 is 5.30. The standard InChI is InChI=1S/C11H17NO2/c1-11(2)9(3-4-10(11)13)12-5-7-14-8-6-12/h3-4,9H,5-8H2,1-2H3. The van der Waals surface area contributed by atoms with E-state index in [0.29, 0.717) is 0 Å².